The van der Waals surface area contributed by atoms with E-state index < -0.39 is 23.8 Å². The molecule has 2 aromatic heterocycles. The molecule has 2 aromatic carbocycles. The smallest absolute Gasteiger partial charge is 0.416 e. The molecule has 1 saturated heterocycles. The van der Waals surface area contributed by atoms with Gasteiger partial charge in [0.1, 0.15) is 28.1 Å². The highest BCUT2D eigenvalue weighted by atomic mass is 32.1. The molecule has 206 valence electrons. The third kappa shape index (κ3) is 5.80. The number of carbonyl (C=O) groups excluding carboxylic acids is 1. The predicted molar refractivity (Wildman–Crippen MR) is 145 cm³/mol. The fraction of sp³-hybridized carbons (Fsp3) is 0.357. The van der Waals surface area contributed by atoms with Gasteiger partial charge in [-0.15, -0.1) is 11.3 Å². The fourth-order valence-electron chi connectivity index (χ4n) is 4.86. The van der Waals surface area contributed by atoms with Gasteiger partial charge in [0.2, 0.25) is 0 Å². The van der Waals surface area contributed by atoms with Crippen molar-refractivity contribution < 1.29 is 22.7 Å². The average molecular weight is 558 g/mol. The molecule has 1 aliphatic rings. The fourth-order valence-corrected chi connectivity index (χ4v) is 5.78. The normalized spacial score (nSPS) is 16.1. The van der Waals surface area contributed by atoms with Crippen LogP contribution in [0.3, 0.4) is 0 Å². The average Bonchev–Trinajstić information content (AvgIpc) is 3.48. The Morgan fingerprint density at radius 3 is 2.56 bits per heavy atom. The molecule has 39 heavy (non-hydrogen) atoms. The van der Waals surface area contributed by atoms with E-state index in [4.69, 9.17) is 10.5 Å². The van der Waals surface area contributed by atoms with Crippen LogP contribution in [0.5, 0.6) is 5.75 Å². The van der Waals surface area contributed by atoms with Gasteiger partial charge in [0.15, 0.2) is 0 Å². The largest absolute Gasteiger partial charge is 0.484 e. The molecule has 1 unspecified atom stereocenters. The van der Waals surface area contributed by atoms with Crippen LogP contribution in [0, 0.1) is 6.92 Å². The van der Waals surface area contributed by atoms with Crippen molar-refractivity contribution >= 4 is 28.3 Å². The van der Waals surface area contributed by atoms with Crippen molar-refractivity contribution in [3.05, 3.63) is 75.9 Å². The lowest BCUT2D eigenvalue weighted by Crippen LogP contribution is -2.43. The van der Waals surface area contributed by atoms with Crippen molar-refractivity contribution in [2.24, 2.45) is 5.73 Å². The van der Waals surface area contributed by atoms with Gasteiger partial charge < -0.3 is 15.4 Å². The molecule has 1 atom stereocenters. The van der Waals surface area contributed by atoms with E-state index in [1.54, 1.807) is 25.4 Å². The zero-order chi connectivity index (χ0) is 27.9. The SMILES string of the molecule is Cc1ccc(C(C)Oc2cc(-n3cnc4ccc(CN5CCN(C)CC5)cc43)sc2C(N)=O)c(C(F)(F)F)c1. The van der Waals surface area contributed by atoms with E-state index in [-0.39, 0.29) is 16.2 Å². The van der Waals surface area contributed by atoms with Gasteiger partial charge in [-0.05, 0) is 44.7 Å². The minimum absolute atomic E-state index is 0.0158. The first kappa shape index (κ1) is 27.2. The number of nitrogens with zero attached hydrogens (tertiary/aromatic N) is 4. The molecule has 1 aliphatic heterocycles. The minimum Gasteiger partial charge on any atom is -0.484 e. The van der Waals surface area contributed by atoms with E-state index >= 15 is 0 Å². The summed E-state index contributed by atoms with van der Waals surface area (Å²) in [6.07, 6.45) is -3.85. The highest BCUT2D eigenvalue weighted by molar-refractivity contribution is 7.16. The van der Waals surface area contributed by atoms with Crippen LogP contribution >= 0.6 is 11.3 Å². The number of hydrogen-bond acceptors (Lipinski definition) is 6. The molecule has 1 fully saturated rings. The molecule has 5 rings (SSSR count). The number of aryl methyl sites for hydroxylation is 1. The van der Waals surface area contributed by atoms with Gasteiger partial charge >= 0.3 is 6.18 Å². The first-order valence-electron chi connectivity index (χ1n) is 12.6. The van der Waals surface area contributed by atoms with E-state index in [1.165, 1.54) is 13.0 Å². The number of piperazine rings is 1. The van der Waals surface area contributed by atoms with Gasteiger partial charge in [0, 0.05) is 44.4 Å². The molecule has 0 spiro atoms. The maximum atomic E-state index is 13.7. The zero-order valence-corrected chi connectivity index (χ0v) is 22.8. The molecule has 1 amide bonds. The summed E-state index contributed by atoms with van der Waals surface area (Å²) in [5.41, 5.74) is 8.15. The van der Waals surface area contributed by atoms with Crippen molar-refractivity contribution in [1.29, 1.82) is 0 Å². The number of ether oxygens (including phenoxy) is 1. The molecule has 4 aromatic rings. The molecule has 0 aliphatic carbocycles. The maximum absolute atomic E-state index is 13.7. The molecular weight excluding hydrogens is 527 g/mol. The summed E-state index contributed by atoms with van der Waals surface area (Å²) in [6.45, 7) is 7.99. The first-order valence-corrected chi connectivity index (χ1v) is 13.5. The molecule has 0 bridgehead atoms. The molecule has 0 saturated carbocycles. The van der Waals surface area contributed by atoms with Crippen LogP contribution in [0.4, 0.5) is 13.2 Å². The van der Waals surface area contributed by atoms with Crippen molar-refractivity contribution in [2.45, 2.75) is 32.7 Å². The molecule has 0 radical (unpaired) electrons. The number of likely N-dealkylation sites (N-methyl/N-ethyl adjacent to an activating group) is 1. The number of imidazole rings is 1. The number of benzene rings is 2. The summed E-state index contributed by atoms with van der Waals surface area (Å²) in [4.78, 5) is 21.6. The minimum atomic E-state index is -4.54. The van der Waals surface area contributed by atoms with E-state index in [1.807, 2.05) is 10.6 Å². The monoisotopic (exact) mass is 557 g/mol. The molecule has 7 nitrogen and oxygen atoms in total. The number of aromatic nitrogens is 2. The van der Waals surface area contributed by atoms with Crippen molar-refractivity contribution in [3.8, 4) is 10.8 Å². The van der Waals surface area contributed by atoms with Gasteiger partial charge in [-0.2, -0.15) is 13.2 Å². The first-order chi connectivity index (χ1) is 18.5. The highest BCUT2D eigenvalue weighted by Crippen LogP contribution is 2.39. The number of hydrogen-bond donors (Lipinski definition) is 1. The van der Waals surface area contributed by atoms with Gasteiger partial charge in [-0.25, -0.2) is 4.98 Å². The van der Waals surface area contributed by atoms with Crippen LogP contribution in [0.25, 0.3) is 16.0 Å². The number of fused-ring (bicyclic) bond motifs is 1. The lowest BCUT2D eigenvalue weighted by Gasteiger charge is -2.32. The van der Waals surface area contributed by atoms with Gasteiger partial charge in [0.25, 0.3) is 5.91 Å². The standard InChI is InChI=1S/C28H30F3N5O2S/c1-17-4-6-20(21(12-17)28(29,30)31)18(2)38-24-14-25(39-26(24)27(32)37)36-16-33-22-7-5-19(13-23(22)36)15-35-10-8-34(3)9-11-35/h4-7,12-14,16,18H,8-11,15H2,1-3H3,(H2,32,37). The number of amides is 1. The van der Waals surface area contributed by atoms with Gasteiger partial charge in [-0.3, -0.25) is 14.3 Å². The molecule has 3 heterocycles. The summed E-state index contributed by atoms with van der Waals surface area (Å²) in [6, 6.07) is 11.9. The van der Waals surface area contributed by atoms with E-state index in [2.05, 4.69) is 34.0 Å². The summed E-state index contributed by atoms with van der Waals surface area (Å²) in [5, 5.41) is 0.630. The van der Waals surface area contributed by atoms with Gasteiger partial charge in [0.05, 0.1) is 16.6 Å². The number of alkyl halides is 3. The molecular formula is C28H30F3N5O2S. The second kappa shape index (κ2) is 10.6. The number of thiophene rings is 1. The van der Waals surface area contributed by atoms with Crippen molar-refractivity contribution in [2.75, 3.05) is 33.2 Å². The second-order valence-electron chi connectivity index (χ2n) is 10.0. The van der Waals surface area contributed by atoms with Crippen LogP contribution in [0.15, 0.2) is 48.8 Å². The Bertz CT molecular complexity index is 1500. The lowest BCUT2D eigenvalue weighted by molar-refractivity contribution is -0.139. The number of rotatable bonds is 7. The highest BCUT2D eigenvalue weighted by Gasteiger charge is 2.35. The lowest BCUT2D eigenvalue weighted by atomic mass is 10.00. The Morgan fingerprint density at radius 2 is 1.87 bits per heavy atom. The van der Waals surface area contributed by atoms with Crippen molar-refractivity contribution in [3.63, 3.8) is 0 Å². The van der Waals surface area contributed by atoms with Crippen LogP contribution < -0.4 is 10.5 Å². The summed E-state index contributed by atoms with van der Waals surface area (Å²) in [7, 11) is 2.12. The predicted octanol–water partition coefficient (Wildman–Crippen LogP) is 5.40. The summed E-state index contributed by atoms with van der Waals surface area (Å²) in [5.74, 6) is -0.576. The van der Waals surface area contributed by atoms with Crippen molar-refractivity contribution in [1.82, 2.24) is 19.4 Å². The Labute approximate surface area is 228 Å². The maximum Gasteiger partial charge on any atom is 0.416 e. The topological polar surface area (TPSA) is 76.6 Å². The number of carbonyl (C=O) groups is 1. The Morgan fingerprint density at radius 1 is 1.13 bits per heavy atom. The third-order valence-electron chi connectivity index (χ3n) is 7.02. The van der Waals surface area contributed by atoms with E-state index in [0.29, 0.717) is 10.6 Å². The van der Waals surface area contributed by atoms with E-state index in [0.717, 1.165) is 66.7 Å². The Balaban J connectivity index is 1.45. The number of halogens is 3. The Hall–Kier alpha value is -3.41. The number of primary amides is 1. The quantitative estimate of drug-likeness (QED) is 0.329. The number of nitrogens with two attached hydrogens (primary N) is 1. The van der Waals surface area contributed by atoms with Crippen LogP contribution in [-0.2, 0) is 12.7 Å². The Kier molecular flexibility index (Phi) is 7.41. The van der Waals surface area contributed by atoms with Crippen LogP contribution in [-0.4, -0.2) is 58.5 Å². The zero-order valence-electron chi connectivity index (χ0n) is 22.0. The van der Waals surface area contributed by atoms with Crippen LogP contribution in [0.2, 0.25) is 0 Å². The molecule has 2 N–H and O–H groups in total. The van der Waals surface area contributed by atoms with Crippen LogP contribution in [0.1, 0.15) is 45.0 Å². The molecule has 11 heteroatoms. The third-order valence-corrected chi connectivity index (χ3v) is 8.15. The summed E-state index contributed by atoms with van der Waals surface area (Å²) < 4.78 is 49.0. The second-order valence-corrected chi connectivity index (χ2v) is 11.0. The summed E-state index contributed by atoms with van der Waals surface area (Å²) >= 11 is 1.12. The van der Waals surface area contributed by atoms with Gasteiger partial charge in [-0.1, -0.05) is 23.8 Å². The van der Waals surface area contributed by atoms with E-state index in [9.17, 15) is 18.0 Å².